The van der Waals surface area contributed by atoms with Crippen LogP contribution < -0.4 is 0 Å². The Balaban J connectivity index is 4.19. The second-order valence-corrected chi connectivity index (χ2v) is 18.2. The third-order valence-electron chi connectivity index (χ3n) is 12.1. The van der Waals surface area contributed by atoms with Crippen molar-refractivity contribution < 1.29 is 28.6 Å². The van der Waals surface area contributed by atoms with Crippen LogP contribution in [0.2, 0.25) is 0 Å². The van der Waals surface area contributed by atoms with Crippen molar-refractivity contribution in [2.75, 3.05) is 13.2 Å². The summed E-state index contributed by atoms with van der Waals surface area (Å²) in [6.07, 6.45) is 52.4. The van der Waals surface area contributed by atoms with Crippen LogP contribution in [0.4, 0.5) is 0 Å². The maximum absolute atomic E-state index is 12.7. The highest BCUT2D eigenvalue weighted by molar-refractivity contribution is 5.71. The molecular weight excluding hydrogens is 733 g/mol. The predicted octanol–water partition coefficient (Wildman–Crippen LogP) is 17.2. The smallest absolute Gasteiger partial charge is 0.306 e. The van der Waals surface area contributed by atoms with Crippen LogP contribution >= 0.6 is 0 Å². The maximum Gasteiger partial charge on any atom is 0.306 e. The molecule has 0 rings (SSSR count). The lowest BCUT2D eigenvalue weighted by atomic mass is 10.0. The largest absolute Gasteiger partial charge is 0.462 e. The maximum atomic E-state index is 12.7. The highest BCUT2D eigenvalue weighted by Gasteiger charge is 2.19. The Morgan fingerprint density at radius 3 is 0.678 bits per heavy atom. The van der Waals surface area contributed by atoms with Crippen molar-refractivity contribution in [3.63, 3.8) is 0 Å². The highest BCUT2D eigenvalue weighted by atomic mass is 16.6. The van der Waals surface area contributed by atoms with Gasteiger partial charge in [0.2, 0.25) is 0 Å². The van der Waals surface area contributed by atoms with E-state index in [9.17, 15) is 14.4 Å². The summed E-state index contributed by atoms with van der Waals surface area (Å²) in [5.74, 6) is -0.843. The molecule has 0 aromatic carbocycles. The fourth-order valence-corrected chi connectivity index (χ4v) is 8.09. The van der Waals surface area contributed by atoms with Gasteiger partial charge in [0.1, 0.15) is 13.2 Å². The van der Waals surface area contributed by atoms with Crippen molar-refractivity contribution in [2.45, 2.75) is 309 Å². The number of ether oxygens (including phenoxy) is 3. The van der Waals surface area contributed by atoms with Gasteiger partial charge in [0.05, 0.1) is 0 Å². The number of hydrogen-bond donors (Lipinski definition) is 0. The lowest BCUT2D eigenvalue weighted by Crippen LogP contribution is -2.30. The first-order chi connectivity index (χ1) is 29.0. The summed E-state index contributed by atoms with van der Waals surface area (Å²) in [6.45, 7) is 6.67. The SMILES string of the molecule is CCCCCCCCCCCCCCCCCCCCCC(=O)OC[C@@H](COC(=O)CCCCCCCCCCCCCCC)OC(=O)CCCCCCCCCCC. The number of carbonyl (C=O) groups is 3. The summed E-state index contributed by atoms with van der Waals surface area (Å²) in [7, 11) is 0. The van der Waals surface area contributed by atoms with Gasteiger partial charge in [-0.05, 0) is 19.3 Å². The first-order valence-electron chi connectivity index (χ1n) is 26.5. The molecule has 0 bridgehead atoms. The Morgan fingerprint density at radius 2 is 0.458 bits per heavy atom. The molecule has 6 heteroatoms. The van der Waals surface area contributed by atoms with Crippen LogP contribution in [-0.4, -0.2) is 37.2 Å². The second-order valence-electron chi connectivity index (χ2n) is 18.2. The van der Waals surface area contributed by atoms with Crippen LogP contribution in [-0.2, 0) is 28.6 Å². The Labute approximate surface area is 368 Å². The summed E-state index contributed by atoms with van der Waals surface area (Å²) >= 11 is 0. The van der Waals surface area contributed by atoms with E-state index in [1.165, 1.54) is 205 Å². The van der Waals surface area contributed by atoms with E-state index < -0.39 is 6.10 Å². The number of unbranched alkanes of at least 4 members (excludes halogenated alkanes) is 38. The van der Waals surface area contributed by atoms with Gasteiger partial charge < -0.3 is 14.2 Å². The van der Waals surface area contributed by atoms with E-state index in [2.05, 4.69) is 20.8 Å². The van der Waals surface area contributed by atoms with Crippen molar-refractivity contribution in [3.8, 4) is 0 Å². The molecule has 0 aliphatic heterocycles. The Morgan fingerprint density at radius 1 is 0.271 bits per heavy atom. The van der Waals surface area contributed by atoms with Gasteiger partial charge in [-0.15, -0.1) is 0 Å². The summed E-state index contributed by atoms with van der Waals surface area (Å²) < 4.78 is 16.8. The van der Waals surface area contributed by atoms with Gasteiger partial charge in [0.15, 0.2) is 6.10 Å². The minimum atomic E-state index is -0.759. The van der Waals surface area contributed by atoms with Crippen molar-refractivity contribution in [2.24, 2.45) is 0 Å². The molecule has 6 nitrogen and oxygen atoms in total. The average Bonchev–Trinajstić information content (AvgIpc) is 3.23. The molecule has 0 amide bonds. The normalized spacial score (nSPS) is 11.8. The Kier molecular flexibility index (Phi) is 47.7. The summed E-state index contributed by atoms with van der Waals surface area (Å²) in [4.78, 5) is 37.9. The van der Waals surface area contributed by atoms with Gasteiger partial charge in [-0.3, -0.25) is 14.4 Å². The zero-order valence-electron chi connectivity index (χ0n) is 40.1. The van der Waals surface area contributed by atoms with Gasteiger partial charge >= 0.3 is 17.9 Å². The highest BCUT2D eigenvalue weighted by Crippen LogP contribution is 2.17. The zero-order chi connectivity index (χ0) is 43.0. The van der Waals surface area contributed by atoms with Crippen LogP contribution in [0.3, 0.4) is 0 Å². The van der Waals surface area contributed by atoms with E-state index >= 15 is 0 Å². The number of carbonyl (C=O) groups excluding carboxylic acids is 3. The van der Waals surface area contributed by atoms with Gasteiger partial charge in [0, 0.05) is 19.3 Å². The molecule has 1 atom stereocenters. The lowest BCUT2D eigenvalue weighted by molar-refractivity contribution is -0.167. The van der Waals surface area contributed by atoms with Gasteiger partial charge in [-0.1, -0.05) is 265 Å². The van der Waals surface area contributed by atoms with Gasteiger partial charge in [0.25, 0.3) is 0 Å². The first-order valence-corrected chi connectivity index (χ1v) is 26.5. The molecule has 0 aromatic rings. The van der Waals surface area contributed by atoms with Crippen molar-refractivity contribution in [3.05, 3.63) is 0 Å². The summed E-state index contributed by atoms with van der Waals surface area (Å²) in [5, 5.41) is 0. The molecule has 0 saturated heterocycles. The topological polar surface area (TPSA) is 78.9 Å². The van der Waals surface area contributed by atoms with E-state index in [1.54, 1.807) is 0 Å². The van der Waals surface area contributed by atoms with E-state index in [-0.39, 0.29) is 31.1 Å². The molecule has 0 aliphatic carbocycles. The molecule has 0 aromatic heterocycles. The van der Waals surface area contributed by atoms with Crippen LogP contribution in [0.25, 0.3) is 0 Å². The molecule has 0 aliphatic rings. The molecule has 0 unspecified atom stereocenters. The molecular formula is C53H102O6. The minimum Gasteiger partial charge on any atom is -0.462 e. The molecule has 59 heavy (non-hydrogen) atoms. The standard InChI is InChI=1S/C53H102O6/c1-4-7-10-13-16-19-21-23-24-25-26-27-28-30-32-35-37-40-43-46-52(55)58-49-50(59-53(56)47-44-41-38-33-18-15-12-9-6-3)48-57-51(54)45-42-39-36-34-31-29-22-20-17-14-11-8-5-2/h50H,4-49H2,1-3H3/t50-/m1/s1. The van der Waals surface area contributed by atoms with Crippen LogP contribution in [0.1, 0.15) is 303 Å². The van der Waals surface area contributed by atoms with E-state index in [1.807, 2.05) is 0 Å². The van der Waals surface area contributed by atoms with Gasteiger partial charge in [-0.2, -0.15) is 0 Å². The first kappa shape index (κ1) is 57.4. The Hall–Kier alpha value is -1.59. The number of rotatable bonds is 49. The van der Waals surface area contributed by atoms with Crippen LogP contribution in [0.15, 0.2) is 0 Å². The molecule has 0 saturated carbocycles. The van der Waals surface area contributed by atoms with Gasteiger partial charge in [-0.25, -0.2) is 0 Å². The van der Waals surface area contributed by atoms with E-state index in [4.69, 9.17) is 14.2 Å². The molecule has 0 N–H and O–H groups in total. The van der Waals surface area contributed by atoms with E-state index in [0.29, 0.717) is 19.3 Å². The predicted molar refractivity (Wildman–Crippen MR) is 252 cm³/mol. The molecule has 0 fully saturated rings. The second kappa shape index (κ2) is 49.1. The lowest BCUT2D eigenvalue weighted by Gasteiger charge is -2.18. The van der Waals surface area contributed by atoms with Crippen molar-refractivity contribution in [1.29, 1.82) is 0 Å². The average molecular weight is 835 g/mol. The van der Waals surface area contributed by atoms with E-state index in [0.717, 1.165) is 57.8 Å². The minimum absolute atomic E-state index is 0.0620. The number of esters is 3. The molecule has 0 heterocycles. The summed E-state index contributed by atoms with van der Waals surface area (Å²) in [6, 6.07) is 0. The quantitative estimate of drug-likeness (QED) is 0.0345. The zero-order valence-corrected chi connectivity index (χ0v) is 40.1. The monoisotopic (exact) mass is 835 g/mol. The fourth-order valence-electron chi connectivity index (χ4n) is 8.09. The third-order valence-corrected chi connectivity index (χ3v) is 12.1. The van der Waals surface area contributed by atoms with Crippen molar-refractivity contribution >= 4 is 17.9 Å². The summed E-state index contributed by atoms with van der Waals surface area (Å²) in [5.41, 5.74) is 0. The van der Waals surface area contributed by atoms with Crippen molar-refractivity contribution in [1.82, 2.24) is 0 Å². The molecule has 350 valence electrons. The molecule has 0 radical (unpaired) electrons. The number of hydrogen-bond acceptors (Lipinski definition) is 6. The van der Waals surface area contributed by atoms with Crippen LogP contribution in [0.5, 0.6) is 0 Å². The fraction of sp³-hybridized carbons (Fsp3) is 0.943. The Bertz CT molecular complexity index is 874. The third kappa shape index (κ3) is 47.3. The molecule has 0 spiro atoms. The van der Waals surface area contributed by atoms with Crippen LogP contribution in [0, 0.1) is 0 Å².